The number of hydrogen-bond acceptors (Lipinski definition) is 1. The summed E-state index contributed by atoms with van der Waals surface area (Å²) in [6, 6.07) is 0. The summed E-state index contributed by atoms with van der Waals surface area (Å²) < 4.78 is 25.1. The fourth-order valence-corrected chi connectivity index (χ4v) is 1.75. The van der Waals surface area contributed by atoms with Gasteiger partial charge in [-0.3, -0.25) is 4.79 Å². The quantitative estimate of drug-likeness (QED) is 0.721. The molecule has 0 aliphatic heterocycles. The predicted molar refractivity (Wildman–Crippen MR) is 61.5 cm³/mol. The molecule has 0 fully saturated rings. The second-order valence-corrected chi connectivity index (χ2v) is 4.49. The summed E-state index contributed by atoms with van der Waals surface area (Å²) in [6.45, 7) is 7.32. The van der Waals surface area contributed by atoms with Crippen molar-refractivity contribution >= 4 is 5.91 Å². The maximum atomic E-state index is 12.5. The Kier molecular flexibility index (Phi) is 6.53. The van der Waals surface area contributed by atoms with Crippen molar-refractivity contribution < 1.29 is 13.6 Å². The van der Waals surface area contributed by atoms with Gasteiger partial charge in [0.1, 0.15) is 0 Å². The van der Waals surface area contributed by atoms with E-state index < -0.39 is 11.8 Å². The highest BCUT2D eigenvalue weighted by molar-refractivity contribution is 5.82. The van der Waals surface area contributed by atoms with Crippen LogP contribution < -0.4 is 5.32 Å². The fraction of sp³-hybridized carbons (Fsp3) is 0.917. The number of nitrogens with one attached hydrogen (secondary N) is 1. The number of carbonyl (C=O) groups is 1. The number of carbonyl (C=O) groups excluding carboxylic acids is 1. The molecule has 96 valence electrons. The number of amides is 1. The highest BCUT2D eigenvalue weighted by Crippen LogP contribution is 2.21. The van der Waals surface area contributed by atoms with Crippen LogP contribution in [-0.2, 0) is 4.79 Å². The Morgan fingerprint density at radius 3 is 2.25 bits per heavy atom. The van der Waals surface area contributed by atoms with Crippen LogP contribution in [0.5, 0.6) is 0 Å². The Balaban J connectivity index is 3.92. The van der Waals surface area contributed by atoms with Gasteiger partial charge in [-0.15, -0.1) is 0 Å². The van der Waals surface area contributed by atoms with Crippen molar-refractivity contribution in [3.05, 3.63) is 0 Å². The van der Waals surface area contributed by atoms with Gasteiger partial charge in [-0.05, 0) is 18.3 Å². The van der Waals surface area contributed by atoms with E-state index in [1.807, 2.05) is 0 Å². The summed E-state index contributed by atoms with van der Waals surface area (Å²) in [4.78, 5) is 10.9. The van der Waals surface area contributed by atoms with E-state index in [9.17, 15) is 13.6 Å². The van der Waals surface area contributed by atoms with Crippen LogP contribution in [0.1, 0.15) is 47.0 Å². The van der Waals surface area contributed by atoms with E-state index >= 15 is 0 Å². The van der Waals surface area contributed by atoms with Crippen LogP contribution in [0.2, 0.25) is 0 Å². The van der Waals surface area contributed by atoms with Crippen LogP contribution in [0, 0.1) is 11.8 Å². The van der Waals surface area contributed by atoms with E-state index in [0.717, 1.165) is 19.3 Å². The molecule has 1 amide bonds. The average Bonchev–Trinajstić information content (AvgIpc) is 2.21. The number of alkyl halides is 2. The molecule has 0 aromatic rings. The monoisotopic (exact) mass is 235 g/mol. The minimum atomic E-state index is -3.27. The predicted octanol–water partition coefficient (Wildman–Crippen LogP) is 3.22. The lowest BCUT2D eigenvalue weighted by Crippen LogP contribution is -2.38. The molecular formula is C12H23F2NO. The Labute approximate surface area is 96.8 Å². The molecule has 0 spiro atoms. The van der Waals surface area contributed by atoms with Gasteiger partial charge in [-0.2, -0.15) is 8.78 Å². The molecule has 0 aromatic heterocycles. The molecular weight excluding hydrogens is 212 g/mol. The molecule has 0 heterocycles. The Morgan fingerprint density at radius 1 is 1.31 bits per heavy atom. The van der Waals surface area contributed by atoms with Gasteiger partial charge in [0.15, 0.2) is 0 Å². The lowest BCUT2D eigenvalue weighted by molar-refractivity contribution is -0.143. The summed E-state index contributed by atoms with van der Waals surface area (Å²) in [5, 5.41) is 2.28. The molecule has 1 N–H and O–H groups in total. The Hall–Kier alpha value is -0.670. The van der Waals surface area contributed by atoms with Crippen LogP contribution in [0.4, 0.5) is 8.78 Å². The summed E-state index contributed by atoms with van der Waals surface area (Å²) in [7, 11) is 0. The second kappa shape index (κ2) is 6.81. The SMILES string of the molecule is CCC(C)C(CC)CCNC(=O)C(C)(F)F. The van der Waals surface area contributed by atoms with Crippen molar-refractivity contribution in [3.63, 3.8) is 0 Å². The smallest absolute Gasteiger partial charge is 0.321 e. The summed E-state index contributed by atoms with van der Waals surface area (Å²) >= 11 is 0. The molecule has 2 atom stereocenters. The molecule has 0 aliphatic rings. The van der Waals surface area contributed by atoms with Crippen LogP contribution >= 0.6 is 0 Å². The number of halogens is 2. The molecule has 2 unspecified atom stereocenters. The molecule has 0 radical (unpaired) electrons. The minimum Gasteiger partial charge on any atom is -0.351 e. The summed E-state index contributed by atoms with van der Waals surface area (Å²) in [5.74, 6) is -3.37. The third-order valence-corrected chi connectivity index (χ3v) is 3.17. The van der Waals surface area contributed by atoms with Crippen molar-refractivity contribution in [2.75, 3.05) is 6.54 Å². The zero-order valence-electron chi connectivity index (χ0n) is 10.6. The zero-order valence-corrected chi connectivity index (χ0v) is 10.6. The van der Waals surface area contributed by atoms with E-state index in [-0.39, 0.29) is 0 Å². The van der Waals surface area contributed by atoms with E-state index in [0.29, 0.717) is 25.3 Å². The van der Waals surface area contributed by atoms with Crippen molar-refractivity contribution in [2.45, 2.75) is 52.9 Å². The third-order valence-electron chi connectivity index (χ3n) is 3.17. The van der Waals surface area contributed by atoms with Gasteiger partial charge in [0.25, 0.3) is 5.91 Å². The standard InChI is InChI=1S/C12H23F2NO/c1-5-9(3)10(6-2)7-8-15-11(16)12(4,13)14/h9-10H,5-8H2,1-4H3,(H,15,16). The number of hydrogen-bond donors (Lipinski definition) is 1. The maximum Gasteiger partial charge on any atom is 0.321 e. The largest absolute Gasteiger partial charge is 0.351 e. The second-order valence-electron chi connectivity index (χ2n) is 4.49. The molecule has 4 heteroatoms. The van der Waals surface area contributed by atoms with E-state index in [1.165, 1.54) is 0 Å². The van der Waals surface area contributed by atoms with Gasteiger partial charge in [0.05, 0.1) is 0 Å². The van der Waals surface area contributed by atoms with E-state index in [1.54, 1.807) is 0 Å². The molecule has 16 heavy (non-hydrogen) atoms. The van der Waals surface area contributed by atoms with Gasteiger partial charge in [-0.1, -0.05) is 33.6 Å². The first kappa shape index (κ1) is 15.3. The van der Waals surface area contributed by atoms with Crippen LogP contribution in [0.3, 0.4) is 0 Å². The van der Waals surface area contributed by atoms with Crippen molar-refractivity contribution in [2.24, 2.45) is 11.8 Å². The van der Waals surface area contributed by atoms with E-state index in [2.05, 4.69) is 26.1 Å². The molecule has 0 bridgehead atoms. The highest BCUT2D eigenvalue weighted by Gasteiger charge is 2.31. The van der Waals surface area contributed by atoms with Gasteiger partial charge >= 0.3 is 5.92 Å². The molecule has 0 aliphatic carbocycles. The summed E-state index contributed by atoms with van der Waals surface area (Å²) in [5.41, 5.74) is 0. The van der Waals surface area contributed by atoms with Crippen LogP contribution in [0.25, 0.3) is 0 Å². The molecule has 2 nitrogen and oxygen atoms in total. The Bertz CT molecular complexity index is 214. The average molecular weight is 235 g/mol. The maximum absolute atomic E-state index is 12.5. The topological polar surface area (TPSA) is 29.1 Å². The first-order chi connectivity index (χ1) is 7.32. The minimum absolute atomic E-state index is 0.338. The normalized spacial score (nSPS) is 15.6. The first-order valence-electron chi connectivity index (χ1n) is 5.99. The van der Waals surface area contributed by atoms with Crippen LogP contribution in [-0.4, -0.2) is 18.4 Å². The van der Waals surface area contributed by atoms with Crippen molar-refractivity contribution in [1.29, 1.82) is 0 Å². The summed E-state index contributed by atoms with van der Waals surface area (Å²) in [6.07, 6.45) is 2.87. The molecule has 0 rings (SSSR count). The van der Waals surface area contributed by atoms with Gasteiger partial charge < -0.3 is 5.32 Å². The lowest BCUT2D eigenvalue weighted by Gasteiger charge is -2.21. The Morgan fingerprint density at radius 2 is 1.88 bits per heavy atom. The lowest BCUT2D eigenvalue weighted by atomic mass is 9.87. The van der Waals surface area contributed by atoms with Crippen LogP contribution in [0.15, 0.2) is 0 Å². The molecule has 0 aromatic carbocycles. The molecule has 0 saturated heterocycles. The highest BCUT2D eigenvalue weighted by atomic mass is 19.3. The zero-order chi connectivity index (χ0) is 12.8. The van der Waals surface area contributed by atoms with Crippen molar-refractivity contribution in [1.82, 2.24) is 5.32 Å². The van der Waals surface area contributed by atoms with Gasteiger partial charge in [-0.25, -0.2) is 0 Å². The molecule has 0 saturated carbocycles. The number of rotatable bonds is 7. The van der Waals surface area contributed by atoms with E-state index in [4.69, 9.17) is 0 Å². The van der Waals surface area contributed by atoms with Crippen molar-refractivity contribution in [3.8, 4) is 0 Å². The third kappa shape index (κ3) is 5.42. The van der Waals surface area contributed by atoms with Gasteiger partial charge in [0.2, 0.25) is 0 Å². The first-order valence-corrected chi connectivity index (χ1v) is 5.99. The van der Waals surface area contributed by atoms with Gasteiger partial charge in [0, 0.05) is 13.5 Å². The fourth-order valence-electron chi connectivity index (χ4n) is 1.75.